The average molecular weight is 295 g/mol. The number of hydrogen-bond donors (Lipinski definition) is 1. The number of piperidine rings is 1. The van der Waals surface area contributed by atoms with Crippen LogP contribution in [0.2, 0.25) is 5.02 Å². The molecule has 0 radical (unpaired) electrons. The zero-order valence-electron chi connectivity index (χ0n) is 13.1. The zero-order chi connectivity index (χ0) is 14.7. The van der Waals surface area contributed by atoms with Gasteiger partial charge in [-0.15, -0.1) is 0 Å². The molecule has 1 aliphatic rings. The van der Waals surface area contributed by atoms with E-state index in [2.05, 4.69) is 50.2 Å². The fourth-order valence-corrected chi connectivity index (χ4v) is 3.43. The van der Waals surface area contributed by atoms with Gasteiger partial charge in [-0.3, -0.25) is 0 Å². The number of nitrogens with zero attached hydrogens (tertiary/aromatic N) is 1. The molecule has 0 amide bonds. The molecule has 4 unspecified atom stereocenters. The molecule has 1 heterocycles. The Morgan fingerprint density at radius 3 is 2.85 bits per heavy atom. The van der Waals surface area contributed by atoms with E-state index < -0.39 is 0 Å². The van der Waals surface area contributed by atoms with E-state index in [9.17, 15) is 0 Å². The molecule has 1 saturated heterocycles. The minimum atomic E-state index is 0.483. The van der Waals surface area contributed by atoms with Crippen molar-refractivity contribution >= 4 is 11.6 Å². The number of benzene rings is 1. The molecule has 1 N–H and O–H groups in total. The molecule has 4 atom stereocenters. The summed E-state index contributed by atoms with van der Waals surface area (Å²) >= 11 is 6.05. The van der Waals surface area contributed by atoms with Gasteiger partial charge in [0.15, 0.2) is 0 Å². The van der Waals surface area contributed by atoms with Crippen molar-refractivity contribution in [2.45, 2.75) is 51.7 Å². The minimum Gasteiger partial charge on any atom is -0.311 e. The Bertz CT molecular complexity index is 435. The molecule has 0 aliphatic carbocycles. The summed E-state index contributed by atoms with van der Waals surface area (Å²) in [5.74, 6) is 0.706. The van der Waals surface area contributed by atoms with Gasteiger partial charge in [-0.05, 0) is 57.4 Å². The Morgan fingerprint density at radius 1 is 1.40 bits per heavy atom. The molecule has 0 spiro atoms. The SMILES string of the molecule is CC(Cc1cccc(Cl)c1)NC1CC(C)N(C)CC1C. The lowest BCUT2D eigenvalue weighted by Gasteiger charge is -2.41. The molecule has 20 heavy (non-hydrogen) atoms. The van der Waals surface area contributed by atoms with Gasteiger partial charge in [0.05, 0.1) is 0 Å². The molecular weight excluding hydrogens is 268 g/mol. The van der Waals surface area contributed by atoms with Crippen LogP contribution in [0.15, 0.2) is 24.3 Å². The summed E-state index contributed by atoms with van der Waals surface area (Å²) in [5, 5.41) is 4.65. The second-order valence-electron chi connectivity index (χ2n) is 6.51. The molecule has 2 nitrogen and oxygen atoms in total. The number of nitrogens with one attached hydrogen (secondary N) is 1. The van der Waals surface area contributed by atoms with Gasteiger partial charge < -0.3 is 10.2 Å². The molecule has 0 aromatic heterocycles. The van der Waals surface area contributed by atoms with Crippen molar-refractivity contribution in [1.82, 2.24) is 10.2 Å². The van der Waals surface area contributed by atoms with Crippen LogP contribution in [0.4, 0.5) is 0 Å². The zero-order valence-corrected chi connectivity index (χ0v) is 13.8. The molecular formula is C17H27ClN2. The fraction of sp³-hybridized carbons (Fsp3) is 0.647. The average Bonchev–Trinajstić information content (AvgIpc) is 2.36. The van der Waals surface area contributed by atoms with E-state index in [1.807, 2.05) is 12.1 Å². The predicted molar refractivity (Wildman–Crippen MR) is 87.4 cm³/mol. The van der Waals surface area contributed by atoms with Crippen molar-refractivity contribution in [2.75, 3.05) is 13.6 Å². The van der Waals surface area contributed by atoms with E-state index >= 15 is 0 Å². The first-order valence-corrected chi connectivity index (χ1v) is 8.04. The van der Waals surface area contributed by atoms with Crippen LogP contribution in [-0.2, 0) is 6.42 Å². The van der Waals surface area contributed by atoms with Gasteiger partial charge in [0.25, 0.3) is 0 Å². The number of halogens is 1. The molecule has 3 heteroatoms. The maximum atomic E-state index is 6.05. The normalized spacial score (nSPS) is 29.4. The summed E-state index contributed by atoms with van der Waals surface area (Å²) in [6.45, 7) is 8.13. The molecule has 1 fully saturated rings. The summed E-state index contributed by atoms with van der Waals surface area (Å²) < 4.78 is 0. The predicted octanol–water partition coefficient (Wildman–Crippen LogP) is 3.59. The maximum absolute atomic E-state index is 6.05. The smallest absolute Gasteiger partial charge is 0.0408 e. The molecule has 0 bridgehead atoms. The fourth-order valence-electron chi connectivity index (χ4n) is 3.22. The molecule has 112 valence electrons. The third kappa shape index (κ3) is 4.21. The van der Waals surface area contributed by atoms with Crippen molar-refractivity contribution in [3.05, 3.63) is 34.9 Å². The van der Waals surface area contributed by atoms with Gasteiger partial charge in [-0.2, -0.15) is 0 Å². The summed E-state index contributed by atoms with van der Waals surface area (Å²) in [7, 11) is 2.23. The Labute approximate surface area is 128 Å². The molecule has 2 rings (SSSR count). The van der Waals surface area contributed by atoms with Crippen LogP contribution in [-0.4, -0.2) is 36.6 Å². The topological polar surface area (TPSA) is 15.3 Å². The maximum Gasteiger partial charge on any atom is 0.0408 e. The van der Waals surface area contributed by atoms with Crippen molar-refractivity contribution in [3.8, 4) is 0 Å². The van der Waals surface area contributed by atoms with Crippen LogP contribution in [0.5, 0.6) is 0 Å². The van der Waals surface area contributed by atoms with Gasteiger partial charge in [0.2, 0.25) is 0 Å². The Morgan fingerprint density at radius 2 is 2.15 bits per heavy atom. The lowest BCUT2D eigenvalue weighted by Crippen LogP contribution is -2.53. The van der Waals surface area contributed by atoms with Crippen LogP contribution < -0.4 is 5.32 Å². The quantitative estimate of drug-likeness (QED) is 0.913. The van der Waals surface area contributed by atoms with Crippen LogP contribution >= 0.6 is 11.6 Å². The third-order valence-corrected chi connectivity index (χ3v) is 4.77. The largest absolute Gasteiger partial charge is 0.311 e. The van der Waals surface area contributed by atoms with Crippen LogP contribution in [0.3, 0.4) is 0 Å². The van der Waals surface area contributed by atoms with E-state index in [0.717, 1.165) is 11.4 Å². The summed E-state index contributed by atoms with van der Waals surface area (Å²) in [6.07, 6.45) is 2.27. The van der Waals surface area contributed by atoms with E-state index in [0.29, 0.717) is 24.0 Å². The minimum absolute atomic E-state index is 0.483. The molecule has 1 aliphatic heterocycles. The summed E-state index contributed by atoms with van der Waals surface area (Å²) in [6, 6.07) is 9.97. The van der Waals surface area contributed by atoms with Crippen molar-refractivity contribution in [3.63, 3.8) is 0 Å². The van der Waals surface area contributed by atoms with Crippen molar-refractivity contribution in [2.24, 2.45) is 5.92 Å². The monoisotopic (exact) mass is 294 g/mol. The Balaban J connectivity index is 1.89. The molecule has 1 aromatic carbocycles. The van der Waals surface area contributed by atoms with Crippen LogP contribution in [0.25, 0.3) is 0 Å². The van der Waals surface area contributed by atoms with E-state index in [1.54, 1.807) is 0 Å². The van der Waals surface area contributed by atoms with Gasteiger partial charge in [-0.25, -0.2) is 0 Å². The highest BCUT2D eigenvalue weighted by Gasteiger charge is 2.29. The second kappa shape index (κ2) is 6.93. The molecule has 0 saturated carbocycles. The first kappa shape index (κ1) is 15.8. The first-order chi connectivity index (χ1) is 9.45. The van der Waals surface area contributed by atoms with E-state index in [-0.39, 0.29) is 0 Å². The van der Waals surface area contributed by atoms with E-state index in [1.165, 1.54) is 18.5 Å². The standard InChI is InChI=1S/C17H27ClN2/c1-12-11-20(4)14(3)9-17(12)19-13(2)8-15-6-5-7-16(18)10-15/h5-7,10,12-14,17,19H,8-9,11H2,1-4H3. The van der Waals surface area contributed by atoms with Gasteiger partial charge in [-0.1, -0.05) is 30.7 Å². The number of hydrogen-bond acceptors (Lipinski definition) is 2. The van der Waals surface area contributed by atoms with Gasteiger partial charge >= 0.3 is 0 Å². The summed E-state index contributed by atoms with van der Waals surface area (Å²) in [5.41, 5.74) is 1.31. The van der Waals surface area contributed by atoms with Crippen molar-refractivity contribution < 1.29 is 0 Å². The highest BCUT2D eigenvalue weighted by molar-refractivity contribution is 6.30. The van der Waals surface area contributed by atoms with Gasteiger partial charge in [0, 0.05) is 29.7 Å². The Hall–Kier alpha value is -0.570. The third-order valence-electron chi connectivity index (χ3n) is 4.54. The highest BCUT2D eigenvalue weighted by atomic mass is 35.5. The number of rotatable bonds is 4. The summed E-state index contributed by atoms with van der Waals surface area (Å²) in [4.78, 5) is 2.46. The molecule has 1 aromatic rings. The van der Waals surface area contributed by atoms with Crippen molar-refractivity contribution in [1.29, 1.82) is 0 Å². The Kier molecular flexibility index (Phi) is 5.48. The number of likely N-dealkylation sites (tertiary alicyclic amines) is 1. The lowest BCUT2D eigenvalue weighted by molar-refractivity contribution is 0.116. The lowest BCUT2D eigenvalue weighted by atomic mass is 9.89. The van der Waals surface area contributed by atoms with Crippen LogP contribution in [0.1, 0.15) is 32.8 Å². The van der Waals surface area contributed by atoms with E-state index in [4.69, 9.17) is 11.6 Å². The van der Waals surface area contributed by atoms with Crippen LogP contribution in [0, 0.1) is 5.92 Å². The highest BCUT2D eigenvalue weighted by Crippen LogP contribution is 2.21. The van der Waals surface area contributed by atoms with Gasteiger partial charge in [0.1, 0.15) is 0 Å². The first-order valence-electron chi connectivity index (χ1n) is 7.66. The second-order valence-corrected chi connectivity index (χ2v) is 6.95.